The van der Waals surface area contributed by atoms with E-state index in [1.807, 2.05) is 0 Å². The highest BCUT2D eigenvalue weighted by Crippen LogP contribution is 2.23. The van der Waals surface area contributed by atoms with Crippen LogP contribution in [0.1, 0.15) is 29.6 Å². The average molecular weight is 330 g/mol. The first-order valence-electron chi connectivity index (χ1n) is 6.38. The van der Waals surface area contributed by atoms with Crippen LogP contribution in [0.2, 0.25) is 0 Å². The summed E-state index contributed by atoms with van der Waals surface area (Å²) in [6.07, 6.45) is 3.06. The van der Waals surface area contributed by atoms with E-state index in [9.17, 15) is 9.18 Å². The van der Waals surface area contributed by atoms with Crippen LogP contribution in [-0.4, -0.2) is 35.8 Å². The van der Waals surface area contributed by atoms with Crippen LogP contribution < -0.4 is 4.74 Å². The standard InChI is InChI=1S/C14H17BrFNO2/c1-19-11-5-6-12(13(16)8-11)14(18)17-7-3-2-4-10(17)9-15/h5-6,8,10H,2-4,7,9H2,1H3. The molecule has 0 bridgehead atoms. The monoisotopic (exact) mass is 329 g/mol. The van der Waals surface area contributed by atoms with E-state index in [-0.39, 0.29) is 17.5 Å². The molecule has 0 aliphatic carbocycles. The van der Waals surface area contributed by atoms with Gasteiger partial charge >= 0.3 is 0 Å². The molecular formula is C14H17BrFNO2. The van der Waals surface area contributed by atoms with E-state index in [2.05, 4.69) is 15.9 Å². The Balaban J connectivity index is 2.23. The number of likely N-dealkylation sites (tertiary alicyclic amines) is 1. The number of halogens is 2. The molecule has 0 saturated carbocycles. The molecule has 0 aromatic heterocycles. The third-order valence-electron chi connectivity index (χ3n) is 3.47. The van der Waals surface area contributed by atoms with Gasteiger partial charge in [-0.3, -0.25) is 4.79 Å². The minimum absolute atomic E-state index is 0.119. The molecule has 104 valence electrons. The molecule has 0 spiro atoms. The van der Waals surface area contributed by atoms with Crippen molar-refractivity contribution >= 4 is 21.8 Å². The number of carbonyl (C=O) groups is 1. The van der Waals surface area contributed by atoms with Gasteiger partial charge < -0.3 is 9.64 Å². The number of alkyl halides is 1. The van der Waals surface area contributed by atoms with Crippen LogP contribution in [0.3, 0.4) is 0 Å². The maximum Gasteiger partial charge on any atom is 0.257 e. The lowest BCUT2D eigenvalue weighted by atomic mass is 10.0. The fourth-order valence-corrected chi connectivity index (χ4v) is 3.05. The van der Waals surface area contributed by atoms with E-state index in [4.69, 9.17) is 4.74 Å². The second-order valence-electron chi connectivity index (χ2n) is 4.65. The summed E-state index contributed by atoms with van der Waals surface area (Å²) < 4.78 is 18.9. The summed E-state index contributed by atoms with van der Waals surface area (Å²) in [5.74, 6) is -0.336. The van der Waals surface area contributed by atoms with E-state index in [0.717, 1.165) is 24.6 Å². The highest BCUT2D eigenvalue weighted by molar-refractivity contribution is 9.09. The fraction of sp³-hybridized carbons (Fsp3) is 0.500. The van der Waals surface area contributed by atoms with Crippen LogP contribution in [0.4, 0.5) is 4.39 Å². The van der Waals surface area contributed by atoms with Gasteiger partial charge in [-0.25, -0.2) is 4.39 Å². The first-order chi connectivity index (χ1) is 9.17. The Kier molecular flexibility index (Phi) is 4.80. The predicted molar refractivity (Wildman–Crippen MR) is 75.4 cm³/mol. The predicted octanol–water partition coefficient (Wildman–Crippen LogP) is 3.22. The summed E-state index contributed by atoms with van der Waals surface area (Å²) in [6.45, 7) is 0.695. The largest absolute Gasteiger partial charge is 0.497 e. The Hall–Kier alpha value is -1.10. The number of carbonyl (C=O) groups excluding carboxylic acids is 1. The van der Waals surface area contributed by atoms with Gasteiger partial charge in [-0.05, 0) is 31.4 Å². The molecule has 1 fully saturated rings. The number of amides is 1. The van der Waals surface area contributed by atoms with Crippen molar-refractivity contribution in [3.05, 3.63) is 29.6 Å². The molecule has 19 heavy (non-hydrogen) atoms. The summed E-state index contributed by atoms with van der Waals surface area (Å²) in [4.78, 5) is 14.2. The van der Waals surface area contributed by atoms with Crippen LogP contribution in [0.25, 0.3) is 0 Å². The lowest BCUT2D eigenvalue weighted by molar-refractivity contribution is 0.0637. The molecule has 1 saturated heterocycles. The van der Waals surface area contributed by atoms with Crippen LogP contribution in [0, 0.1) is 5.82 Å². The Morgan fingerprint density at radius 2 is 2.32 bits per heavy atom. The number of nitrogens with zero attached hydrogens (tertiary/aromatic N) is 1. The third-order valence-corrected chi connectivity index (χ3v) is 4.22. The maximum absolute atomic E-state index is 13.9. The molecule has 1 atom stereocenters. The molecule has 1 amide bonds. The first kappa shape index (κ1) is 14.3. The summed E-state index contributed by atoms with van der Waals surface area (Å²) in [5, 5.41) is 0.733. The number of rotatable bonds is 3. The van der Waals surface area contributed by atoms with E-state index in [1.54, 1.807) is 11.0 Å². The van der Waals surface area contributed by atoms with Gasteiger partial charge in [0.15, 0.2) is 0 Å². The van der Waals surface area contributed by atoms with Crippen molar-refractivity contribution in [2.24, 2.45) is 0 Å². The van der Waals surface area contributed by atoms with Gasteiger partial charge in [0.2, 0.25) is 0 Å². The van der Waals surface area contributed by atoms with Gasteiger partial charge in [0.1, 0.15) is 11.6 Å². The zero-order chi connectivity index (χ0) is 13.8. The molecule has 0 radical (unpaired) electrons. The van der Waals surface area contributed by atoms with Crippen molar-refractivity contribution in [2.45, 2.75) is 25.3 Å². The zero-order valence-corrected chi connectivity index (χ0v) is 12.5. The molecule has 1 heterocycles. The molecule has 1 aromatic rings. The number of benzene rings is 1. The fourth-order valence-electron chi connectivity index (χ4n) is 2.38. The molecule has 1 aliphatic rings. The zero-order valence-electron chi connectivity index (χ0n) is 10.9. The third kappa shape index (κ3) is 3.08. The molecule has 3 nitrogen and oxygen atoms in total. The highest BCUT2D eigenvalue weighted by Gasteiger charge is 2.28. The summed E-state index contributed by atoms with van der Waals surface area (Å²) >= 11 is 3.43. The van der Waals surface area contributed by atoms with E-state index in [1.165, 1.54) is 19.2 Å². The molecule has 5 heteroatoms. The van der Waals surface area contributed by atoms with Crippen molar-refractivity contribution in [3.8, 4) is 5.75 Å². The summed E-state index contributed by atoms with van der Waals surface area (Å²) in [7, 11) is 1.47. The van der Waals surface area contributed by atoms with Crippen molar-refractivity contribution in [1.82, 2.24) is 4.90 Å². The van der Waals surface area contributed by atoms with Gasteiger partial charge in [-0.2, -0.15) is 0 Å². The summed E-state index contributed by atoms with van der Waals surface area (Å²) in [6, 6.07) is 4.52. The van der Waals surface area contributed by atoms with Crippen LogP contribution >= 0.6 is 15.9 Å². The average Bonchev–Trinajstić information content (AvgIpc) is 2.46. The minimum atomic E-state index is -0.525. The SMILES string of the molecule is COc1ccc(C(=O)N2CCCCC2CBr)c(F)c1. The topological polar surface area (TPSA) is 29.5 Å². The quantitative estimate of drug-likeness (QED) is 0.797. The molecular weight excluding hydrogens is 313 g/mol. The molecule has 0 N–H and O–H groups in total. The van der Waals surface area contributed by atoms with Crippen molar-refractivity contribution in [3.63, 3.8) is 0 Å². The number of hydrogen-bond donors (Lipinski definition) is 0. The van der Waals surface area contributed by atoms with Crippen molar-refractivity contribution in [1.29, 1.82) is 0 Å². The maximum atomic E-state index is 13.9. The molecule has 1 aliphatic heterocycles. The van der Waals surface area contributed by atoms with Crippen molar-refractivity contribution < 1.29 is 13.9 Å². The number of ether oxygens (including phenoxy) is 1. The van der Waals surface area contributed by atoms with Gasteiger partial charge in [-0.1, -0.05) is 15.9 Å². The minimum Gasteiger partial charge on any atom is -0.497 e. The lowest BCUT2D eigenvalue weighted by Crippen LogP contribution is -2.44. The second kappa shape index (κ2) is 6.37. The van der Waals surface area contributed by atoms with E-state index in [0.29, 0.717) is 12.3 Å². The van der Waals surface area contributed by atoms with Crippen LogP contribution in [0.5, 0.6) is 5.75 Å². The van der Waals surface area contributed by atoms with Gasteiger partial charge in [0.25, 0.3) is 5.91 Å². The van der Waals surface area contributed by atoms with Crippen LogP contribution in [0.15, 0.2) is 18.2 Å². The Bertz CT molecular complexity index is 467. The van der Waals surface area contributed by atoms with Gasteiger partial charge in [0.05, 0.1) is 12.7 Å². The number of hydrogen-bond acceptors (Lipinski definition) is 2. The summed E-state index contributed by atoms with van der Waals surface area (Å²) in [5.41, 5.74) is 0.119. The van der Waals surface area contributed by atoms with Crippen LogP contribution in [-0.2, 0) is 0 Å². The van der Waals surface area contributed by atoms with Gasteiger partial charge in [0, 0.05) is 24.0 Å². The number of piperidine rings is 1. The number of methoxy groups -OCH3 is 1. The lowest BCUT2D eigenvalue weighted by Gasteiger charge is -2.34. The Morgan fingerprint density at radius 3 is 2.95 bits per heavy atom. The van der Waals surface area contributed by atoms with E-state index >= 15 is 0 Å². The normalized spacial score (nSPS) is 19.3. The molecule has 1 unspecified atom stereocenters. The van der Waals surface area contributed by atoms with E-state index < -0.39 is 5.82 Å². The Morgan fingerprint density at radius 1 is 1.53 bits per heavy atom. The second-order valence-corrected chi connectivity index (χ2v) is 5.30. The molecule has 1 aromatic carbocycles. The Labute approximate surface area is 120 Å². The highest BCUT2D eigenvalue weighted by atomic mass is 79.9. The molecule has 2 rings (SSSR count). The van der Waals surface area contributed by atoms with Gasteiger partial charge in [-0.15, -0.1) is 0 Å². The smallest absolute Gasteiger partial charge is 0.257 e. The van der Waals surface area contributed by atoms with Crippen molar-refractivity contribution in [2.75, 3.05) is 19.0 Å². The first-order valence-corrected chi connectivity index (χ1v) is 7.50.